The molecule has 0 saturated heterocycles. The molecule has 0 fully saturated rings. The average molecular weight is 376 g/mol. The van der Waals surface area contributed by atoms with E-state index in [1.54, 1.807) is 12.3 Å². The normalized spacial score (nSPS) is 16.6. The Kier molecular flexibility index (Phi) is 3.95. The molecule has 4 rings (SSSR count). The van der Waals surface area contributed by atoms with Crippen LogP contribution in [0, 0.1) is 0 Å². The van der Waals surface area contributed by atoms with Crippen molar-refractivity contribution in [3.63, 3.8) is 0 Å². The van der Waals surface area contributed by atoms with Gasteiger partial charge < -0.3 is 10.3 Å². The van der Waals surface area contributed by atoms with Gasteiger partial charge in [-0.15, -0.1) is 0 Å². The minimum atomic E-state index is -2.56. The molecule has 0 saturated carbocycles. The Labute approximate surface area is 149 Å². The molecule has 0 amide bonds. The topological polar surface area (TPSA) is 111 Å². The number of hydrogen-bond acceptors (Lipinski definition) is 7. The highest BCUT2D eigenvalue weighted by Gasteiger charge is 2.25. The van der Waals surface area contributed by atoms with E-state index >= 15 is 0 Å². The highest BCUT2D eigenvalue weighted by molar-refractivity contribution is 8.23. The van der Waals surface area contributed by atoms with Gasteiger partial charge in [-0.3, -0.25) is 13.9 Å². The molecule has 0 unspecified atom stereocenters. The zero-order chi connectivity index (χ0) is 17.6. The molecule has 2 aromatic heterocycles. The number of H-pyrrole nitrogens is 1. The molecule has 130 valence electrons. The standard InChI is InChI=1S/C16H16N4O3S2/c1-24-16-19-12-4-5-17-15(21)13(12)14(20-16)18-11-3-2-9-7-25(22,23)8-10(9)6-11/h2-6,22-23H,7-8H2,1H3,(H,17,21)(H,18,19,20). The van der Waals surface area contributed by atoms with E-state index in [0.29, 0.717) is 27.6 Å². The van der Waals surface area contributed by atoms with Crippen LogP contribution < -0.4 is 10.9 Å². The highest BCUT2D eigenvalue weighted by atomic mass is 32.3. The van der Waals surface area contributed by atoms with Crippen molar-refractivity contribution < 1.29 is 9.11 Å². The van der Waals surface area contributed by atoms with Crippen LogP contribution in [0.4, 0.5) is 11.5 Å². The number of thioether (sulfide) groups is 1. The fraction of sp³-hybridized carbons (Fsp3) is 0.188. The fourth-order valence-corrected chi connectivity index (χ4v) is 4.94. The smallest absolute Gasteiger partial charge is 0.261 e. The largest absolute Gasteiger partial charge is 0.339 e. The van der Waals surface area contributed by atoms with Gasteiger partial charge in [0.2, 0.25) is 0 Å². The van der Waals surface area contributed by atoms with E-state index in [2.05, 4.69) is 20.3 Å². The Morgan fingerprint density at radius 3 is 2.80 bits per heavy atom. The van der Waals surface area contributed by atoms with Crippen LogP contribution >= 0.6 is 22.4 Å². The van der Waals surface area contributed by atoms with Gasteiger partial charge in [0, 0.05) is 11.9 Å². The zero-order valence-electron chi connectivity index (χ0n) is 13.3. The molecule has 25 heavy (non-hydrogen) atoms. The van der Waals surface area contributed by atoms with Crippen LogP contribution in [0.2, 0.25) is 0 Å². The number of pyridine rings is 1. The van der Waals surface area contributed by atoms with Crippen LogP contribution in [0.5, 0.6) is 0 Å². The first-order valence-electron chi connectivity index (χ1n) is 7.51. The van der Waals surface area contributed by atoms with Crippen molar-refractivity contribution in [2.45, 2.75) is 16.7 Å². The molecule has 1 aliphatic heterocycles. The Bertz CT molecular complexity index is 1040. The molecular formula is C16H16N4O3S2. The fourth-order valence-electron chi connectivity index (χ4n) is 2.92. The van der Waals surface area contributed by atoms with Gasteiger partial charge in [-0.2, -0.15) is 10.6 Å². The summed E-state index contributed by atoms with van der Waals surface area (Å²) in [5.41, 5.74) is 2.90. The van der Waals surface area contributed by atoms with Crippen molar-refractivity contribution in [2.75, 3.05) is 11.6 Å². The Morgan fingerprint density at radius 2 is 2.00 bits per heavy atom. The first kappa shape index (κ1) is 16.4. The van der Waals surface area contributed by atoms with Crippen molar-refractivity contribution in [2.24, 2.45) is 0 Å². The maximum Gasteiger partial charge on any atom is 0.261 e. The molecule has 0 spiro atoms. The Morgan fingerprint density at radius 1 is 1.20 bits per heavy atom. The van der Waals surface area contributed by atoms with Gasteiger partial charge in [0.25, 0.3) is 5.56 Å². The maximum absolute atomic E-state index is 12.2. The minimum absolute atomic E-state index is 0.261. The van der Waals surface area contributed by atoms with E-state index in [-0.39, 0.29) is 11.3 Å². The predicted octanol–water partition coefficient (Wildman–Crippen LogP) is 3.55. The predicted molar refractivity (Wildman–Crippen MR) is 102 cm³/mol. The maximum atomic E-state index is 12.2. The summed E-state index contributed by atoms with van der Waals surface area (Å²) < 4.78 is 19.8. The molecule has 1 aromatic carbocycles. The molecular weight excluding hydrogens is 360 g/mol. The van der Waals surface area contributed by atoms with Gasteiger partial charge in [-0.05, 0) is 35.6 Å². The lowest BCUT2D eigenvalue weighted by Gasteiger charge is -2.25. The summed E-state index contributed by atoms with van der Waals surface area (Å²) in [5.74, 6) is 0.995. The number of rotatable bonds is 3. The molecule has 0 bridgehead atoms. The number of nitrogens with one attached hydrogen (secondary N) is 2. The first-order chi connectivity index (χ1) is 11.9. The monoisotopic (exact) mass is 376 g/mol. The van der Waals surface area contributed by atoms with Crippen molar-refractivity contribution in [1.29, 1.82) is 0 Å². The van der Waals surface area contributed by atoms with Crippen molar-refractivity contribution in [3.05, 3.63) is 51.9 Å². The molecule has 0 radical (unpaired) electrons. The van der Waals surface area contributed by atoms with E-state index in [1.165, 1.54) is 11.8 Å². The summed E-state index contributed by atoms with van der Waals surface area (Å²) in [4.78, 5) is 23.6. The number of anilines is 2. The number of aromatic amines is 1. The summed E-state index contributed by atoms with van der Waals surface area (Å²) in [6, 6.07) is 7.34. The van der Waals surface area contributed by atoms with Gasteiger partial charge in [-0.1, -0.05) is 17.8 Å². The van der Waals surface area contributed by atoms with Gasteiger partial charge in [-0.25, -0.2) is 9.97 Å². The van der Waals surface area contributed by atoms with Crippen LogP contribution in [0.3, 0.4) is 0 Å². The zero-order valence-corrected chi connectivity index (χ0v) is 14.9. The summed E-state index contributed by atoms with van der Waals surface area (Å²) >= 11 is 1.40. The van der Waals surface area contributed by atoms with Gasteiger partial charge in [0.15, 0.2) is 5.16 Å². The summed E-state index contributed by atoms with van der Waals surface area (Å²) in [6.45, 7) is 0. The van der Waals surface area contributed by atoms with Crippen LogP contribution in [-0.4, -0.2) is 30.3 Å². The van der Waals surface area contributed by atoms with E-state index in [1.807, 2.05) is 24.5 Å². The number of benzene rings is 1. The van der Waals surface area contributed by atoms with Crippen molar-refractivity contribution in [1.82, 2.24) is 15.0 Å². The lowest BCUT2D eigenvalue weighted by molar-refractivity contribution is 0.489. The quantitative estimate of drug-likeness (QED) is 0.408. The molecule has 4 N–H and O–H groups in total. The SMILES string of the molecule is CSc1nc(Nc2ccc3c(c2)CS(O)(O)C3)c2c(=O)[nH]ccc2n1. The second kappa shape index (κ2) is 6.03. The lowest BCUT2D eigenvalue weighted by Crippen LogP contribution is -2.10. The van der Waals surface area contributed by atoms with E-state index in [9.17, 15) is 13.9 Å². The van der Waals surface area contributed by atoms with Crippen molar-refractivity contribution in [3.8, 4) is 0 Å². The molecule has 9 heteroatoms. The minimum Gasteiger partial charge on any atom is -0.339 e. The van der Waals surface area contributed by atoms with Gasteiger partial charge >= 0.3 is 0 Å². The molecule has 7 nitrogen and oxygen atoms in total. The average Bonchev–Trinajstić information content (AvgIpc) is 2.87. The number of fused-ring (bicyclic) bond motifs is 2. The highest BCUT2D eigenvalue weighted by Crippen LogP contribution is 2.52. The summed E-state index contributed by atoms with van der Waals surface area (Å²) in [7, 11) is -2.56. The van der Waals surface area contributed by atoms with Crippen LogP contribution in [0.25, 0.3) is 10.9 Å². The molecule has 1 aliphatic rings. The molecule has 3 aromatic rings. The van der Waals surface area contributed by atoms with Gasteiger partial charge in [0.1, 0.15) is 11.2 Å². The lowest BCUT2D eigenvalue weighted by atomic mass is 10.1. The van der Waals surface area contributed by atoms with Gasteiger partial charge in [0.05, 0.1) is 17.0 Å². The number of nitrogens with zero attached hydrogens (tertiary/aromatic N) is 2. The van der Waals surface area contributed by atoms with E-state index < -0.39 is 10.6 Å². The Hall–Kier alpha value is -2.07. The third-order valence-electron chi connectivity index (χ3n) is 4.02. The second-order valence-corrected chi connectivity index (χ2v) is 8.78. The number of aromatic nitrogens is 3. The summed E-state index contributed by atoms with van der Waals surface area (Å²) in [5, 5.41) is 4.14. The Balaban J connectivity index is 1.78. The summed E-state index contributed by atoms with van der Waals surface area (Å²) in [6.07, 6.45) is 3.43. The van der Waals surface area contributed by atoms with Crippen molar-refractivity contribution >= 4 is 44.8 Å². The van der Waals surface area contributed by atoms with E-state index in [4.69, 9.17) is 0 Å². The molecule has 0 aliphatic carbocycles. The third kappa shape index (κ3) is 3.11. The first-order valence-corrected chi connectivity index (χ1v) is 10.6. The van der Waals surface area contributed by atoms with Crippen LogP contribution in [0.1, 0.15) is 11.1 Å². The van der Waals surface area contributed by atoms with Crippen LogP contribution in [-0.2, 0) is 11.5 Å². The molecule has 3 heterocycles. The molecule has 0 atom stereocenters. The van der Waals surface area contributed by atoms with E-state index in [0.717, 1.165) is 16.8 Å². The number of hydrogen-bond donors (Lipinski definition) is 4. The second-order valence-electron chi connectivity index (χ2n) is 5.83. The van der Waals surface area contributed by atoms with Crippen LogP contribution in [0.15, 0.2) is 40.4 Å². The third-order valence-corrected chi connectivity index (χ3v) is 6.12.